The summed E-state index contributed by atoms with van der Waals surface area (Å²) in [6, 6.07) is 16.1. The van der Waals surface area contributed by atoms with Gasteiger partial charge < -0.3 is 19.7 Å². The SMILES string of the molecule is CC(C)Oc1ccc(N2C[C@H](C(=O)OCC(=O)Nc3ccccc3)CC2=O)cc1. The summed E-state index contributed by atoms with van der Waals surface area (Å²) in [5.74, 6) is -1.01. The maximum Gasteiger partial charge on any atom is 0.311 e. The second-order valence-electron chi connectivity index (χ2n) is 7.09. The van der Waals surface area contributed by atoms with Crippen LogP contribution in [0.1, 0.15) is 20.3 Å². The van der Waals surface area contributed by atoms with E-state index < -0.39 is 17.8 Å². The quantitative estimate of drug-likeness (QED) is 0.727. The number of esters is 1. The lowest BCUT2D eigenvalue weighted by Gasteiger charge is -2.17. The first-order valence-corrected chi connectivity index (χ1v) is 9.51. The Morgan fingerprint density at radius 1 is 1.10 bits per heavy atom. The maximum absolute atomic E-state index is 12.3. The normalized spacial score (nSPS) is 16.0. The third kappa shape index (κ3) is 5.57. The number of carbonyl (C=O) groups excluding carboxylic acids is 3. The summed E-state index contributed by atoms with van der Waals surface area (Å²) in [5.41, 5.74) is 1.32. The summed E-state index contributed by atoms with van der Waals surface area (Å²) in [7, 11) is 0. The summed E-state index contributed by atoms with van der Waals surface area (Å²) in [4.78, 5) is 38.1. The van der Waals surface area contributed by atoms with Crippen molar-refractivity contribution in [2.24, 2.45) is 5.92 Å². The molecule has 2 aromatic carbocycles. The molecule has 0 bridgehead atoms. The van der Waals surface area contributed by atoms with E-state index in [1.807, 2.05) is 19.9 Å². The molecule has 1 saturated heterocycles. The fraction of sp³-hybridized carbons (Fsp3) is 0.318. The monoisotopic (exact) mass is 396 g/mol. The van der Waals surface area contributed by atoms with Gasteiger partial charge in [0, 0.05) is 24.3 Å². The molecule has 0 radical (unpaired) electrons. The Morgan fingerprint density at radius 3 is 2.45 bits per heavy atom. The van der Waals surface area contributed by atoms with Crippen molar-refractivity contribution in [3.63, 3.8) is 0 Å². The highest BCUT2D eigenvalue weighted by Crippen LogP contribution is 2.27. The van der Waals surface area contributed by atoms with Crippen LogP contribution in [0.25, 0.3) is 0 Å². The fourth-order valence-electron chi connectivity index (χ4n) is 3.06. The number of para-hydroxylation sites is 1. The summed E-state index contributed by atoms with van der Waals surface area (Å²) >= 11 is 0. The minimum atomic E-state index is -0.599. The molecule has 0 saturated carbocycles. The van der Waals surface area contributed by atoms with Crippen molar-refractivity contribution in [3.05, 3.63) is 54.6 Å². The third-order valence-electron chi connectivity index (χ3n) is 4.38. The van der Waals surface area contributed by atoms with E-state index in [1.54, 1.807) is 53.4 Å². The van der Waals surface area contributed by atoms with Crippen LogP contribution in [-0.4, -0.2) is 37.0 Å². The first-order valence-electron chi connectivity index (χ1n) is 9.51. The average Bonchev–Trinajstić information content (AvgIpc) is 3.09. The molecule has 1 N–H and O–H groups in total. The minimum absolute atomic E-state index is 0.0589. The molecule has 1 fully saturated rings. The van der Waals surface area contributed by atoms with Gasteiger partial charge in [0.05, 0.1) is 12.0 Å². The highest BCUT2D eigenvalue weighted by atomic mass is 16.5. The number of ether oxygens (including phenoxy) is 2. The summed E-state index contributed by atoms with van der Waals surface area (Å²) in [5, 5.41) is 2.64. The van der Waals surface area contributed by atoms with Gasteiger partial charge in [-0.15, -0.1) is 0 Å². The number of rotatable bonds is 7. The van der Waals surface area contributed by atoms with Gasteiger partial charge in [-0.2, -0.15) is 0 Å². The van der Waals surface area contributed by atoms with Crippen molar-refractivity contribution < 1.29 is 23.9 Å². The number of anilines is 2. The van der Waals surface area contributed by atoms with Crippen molar-refractivity contribution in [1.29, 1.82) is 0 Å². The van der Waals surface area contributed by atoms with E-state index in [4.69, 9.17) is 9.47 Å². The summed E-state index contributed by atoms with van der Waals surface area (Å²) in [6.07, 6.45) is 0.121. The Kier molecular flexibility index (Phi) is 6.49. The van der Waals surface area contributed by atoms with Crippen LogP contribution in [0, 0.1) is 5.92 Å². The molecule has 0 spiro atoms. The number of benzene rings is 2. The molecule has 1 aliphatic rings. The number of hydrogen-bond donors (Lipinski definition) is 1. The van der Waals surface area contributed by atoms with Crippen LogP contribution in [0.3, 0.4) is 0 Å². The third-order valence-corrected chi connectivity index (χ3v) is 4.38. The van der Waals surface area contributed by atoms with Crippen molar-refractivity contribution in [1.82, 2.24) is 0 Å². The summed E-state index contributed by atoms with van der Waals surface area (Å²) < 4.78 is 10.7. The molecule has 3 rings (SSSR count). The van der Waals surface area contributed by atoms with Crippen molar-refractivity contribution in [3.8, 4) is 5.75 Å². The van der Waals surface area contributed by atoms with Gasteiger partial charge in [-0.05, 0) is 50.2 Å². The number of nitrogens with one attached hydrogen (secondary N) is 1. The summed E-state index contributed by atoms with van der Waals surface area (Å²) in [6.45, 7) is 3.71. The van der Waals surface area contributed by atoms with Crippen LogP contribution in [0.15, 0.2) is 54.6 Å². The Bertz CT molecular complexity index is 865. The van der Waals surface area contributed by atoms with Gasteiger partial charge in [0.2, 0.25) is 5.91 Å². The molecular formula is C22H24N2O5. The molecule has 7 nitrogen and oxygen atoms in total. The standard InChI is InChI=1S/C22H24N2O5/c1-15(2)29-19-10-8-18(9-11-19)24-13-16(12-21(24)26)22(27)28-14-20(25)23-17-6-4-3-5-7-17/h3-11,15-16H,12-14H2,1-2H3,(H,23,25)/t16-/m1/s1. The lowest BCUT2D eigenvalue weighted by molar-refractivity contribution is -0.151. The Balaban J connectivity index is 1.51. The minimum Gasteiger partial charge on any atom is -0.491 e. The van der Waals surface area contributed by atoms with Crippen molar-refractivity contribution >= 4 is 29.2 Å². The largest absolute Gasteiger partial charge is 0.491 e. The van der Waals surface area contributed by atoms with Gasteiger partial charge in [-0.3, -0.25) is 14.4 Å². The molecule has 2 amide bonds. The van der Waals surface area contributed by atoms with E-state index in [0.717, 1.165) is 5.75 Å². The van der Waals surface area contributed by atoms with Crippen LogP contribution in [-0.2, 0) is 19.1 Å². The Morgan fingerprint density at radius 2 is 1.79 bits per heavy atom. The molecule has 0 unspecified atom stereocenters. The number of amides is 2. The van der Waals surface area contributed by atoms with E-state index in [-0.39, 0.29) is 31.6 Å². The molecule has 1 aliphatic heterocycles. The van der Waals surface area contributed by atoms with Crippen LogP contribution >= 0.6 is 0 Å². The molecule has 0 aromatic heterocycles. The first-order chi connectivity index (χ1) is 13.9. The van der Waals surface area contributed by atoms with Crippen LogP contribution in [0.5, 0.6) is 5.75 Å². The molecular weight excluding hydrogens is 372 g/mol. The predicted octanol–water partition coefficient (Wildman–Crippen LogP) is 3.01. The van der Waals surface area contributed by atoms with Gasteiger partial charge in [0.1, 0.15) is 5.75 Å². The average molecular weight is 396 g/mol. The van der Waals surface area contributed by atoms with E-state index >= 15 is 0 Å². The Hall–Kier alpha value is -3.35. The second-order valence-corrected chi connectivity index (χ2v) is 7.09. The lowest BCUT2D eigenvalue weighted by atomic mass is 10.1. The molecule has 1 atom stereocenters. The van der Waals surface area contributed by atoms with E-state index in [1.165, 1.54) is 0 Å². The van der Waals surface area contributed by atoms with Gasteiger partial charge in [-0.1, -0.05) is 18.2 Å². The predicted molar refractivity (Wildman–Crippen MR) is 109 cm³/mol. The van der Waals surface area contributed by atoms with Crippen molar-refractivity contribution in [2.45, 2.75) is 26.4 Å². The fourth-order valence-corrected chi connectivity index (χ4v) is 3.06. The zero-order valence-corrected chi connectivity index (χ0v) is 16.5. The number of nitrogens with zero attached hydrogens (tertiary/aromatic N) is 1. The van der Waals surface area contributed by atoms with Gasteiger partial charge in [0.15, 0.2) is 6.61 Å². The highest BCUT2D eigenvalue weighted by Gasteiger charge is 2.36. The van der Waals surface area contributed by atoms with E-state index in [0.29, 0.717) is 11.4 Å². The van der Waals surface area contributed by atoms with Crippen LogP contribution in [0.4, 0.5) is 11.4 Å². The zero-order chi connectivity index (χ0) is 20.8. The molecule has 152 valence electrons. The lowest BCUT2D eigenvalue weighted by Crippen LogP contribution is -2.28. The molecule has 2 aromatic rings. The zero-order valence-electron chi connectivity index (χ0n) is 16.5. The van der Waals surface area contributed by atoms with Crippen LogP contribution < -0.4 is 15.0 Å². The molecule has 29 heavy (non-hydrogen) atoms. The number of hydrogen-bond acceptors (Lipinski definition) is 5. The molecule has 1 heterocycles. The smallest absolute Gasteiger partial charge is 0.311 e. The van der Waals surface area contributed by atoms with Gasteiger partial charge >= 0.3 is 5.97 Å². The molecule has 7 heteroatoms. The second kappa shape index (κ2) is 9.23. The maximum atomic E-state index is 12.3. The van der Waals surface area contributed by atoms with E-state index in [2.05, 4.69) is 5.32 Å². The van der Waals surface area contributed by atoms with E-state index in [9.17, 15) is 14.4 Å². The Labute approximate surface area is 169 Å². The van der Waals surface area contributed by atoms with Crippen molar-refractivity contribution in [2.75, 3.05) is 23.4 Å². The molecule has 0 aliphatic carbocycles. The van der Waals surface area contributed by atoms with Gasteiger partial charge in [-0.25, -0.2) is 0 Å². The van der Waals surface area contributed by atoms with Gasteiger partial charge in [0.25, 0.3) is 5.91 Å². The van der Waals surface area contributed by atoms with Crippen LogP contribution in [0.2, 0.25) is 0 Å². The highest BCUT2D eigenvalue weighted by molar-refractivity contribution is 6.00. The topological polar surface area (TPSA) is 84.9 Å². The first kappa shape index (κ1) is 20.4. The number of carbonyl (C=O) groups is 3.